The topological polar surface area (TPSA) is 135 Å². The molecule has 13 heteroatoms. The van der Waals surface area contributed by atoms with E-state index in [0.29, 0.717) is 51.9 Å². The number of benzene rings is 1. The summed E-state index contributed by atoms with van der Waals surface area (Å²) in [6.07, 6.45) is 5.03. The van der Waals surface area contributed by atoms with Crippen LogP contribution in [0.3, 0.4) is 0 Å². The van der Waals surface area contributed by atoms with Crippen molar-refractivity contribution in [3.8, 4) is 5.69 Å². The number of fused-ring (bicyclic) bond motifs is 2. The van der Waals surface area contributed by atoms with E-state index in [4.69, 9.17) is 0 Å². The summed E-state index contributed by atoms with van der Waals surface area (Å²) in [6, 6.07) is 6.61. The highest BCUT2D eigenvalue weighted by atomic mass is 79.9. The fourth-order valence-electron chi connectivity index (χ4n) is 4.94. The van der Waals surface area contributed by atoms with Crippen LogP contribution in [0.4, 0.5) is 10.3 Å². The van der Waals surface area contributed by atoms with Crippen molar-refractivity contribution in [2.24, 2.45) is 5.92 Å². The number of imide groups is 1. The zero-order valence-electron chi connectivity index (χ0n) is 19.3. The summed E-state index contributed by atoms with van der Waals surface area (Å²) in [5.74, 6) is -1.54. The van der Waals surface area contributed by atoms with Gasteiger partial charge >= 0.3 is 0 Å². The first-order valence-electron chi connectivity index (χ1n) is 11.7. The molecule has 11 nitrogen and oxygen atoms in total. The molecule has 4 heterocycles. The Hall–Kier alpha value is -4.00. The SMILES string of the molecule is O=C1CN(C(=O)[C@@H]2CC[C@@H](Nc3ncc4c(Br)nn(-c5cc(F)c6ncccc6c5)c4n3)C2)CC(=O)N1. The van der Waals surface area contributed by atoms with Gasteiger partial charge in [0.2, 0.25) is 23.7 Å². The van der Waals surface area contributed by atoms with Gasteiger partial charge in [-0.3, -0.25) is 24.7 Å². The smallest absolute Gasteiger partial charge is 0.246 e. The normalized spacial score (nSPS) is 20.0. The molecule has 0 spiro atoms. The standard InChI is InChI=1S/C24H20BrFN8O3/c25-21-16-9-28-24(29-14-4-3-13(6-14)23(37)33-10-18(35)30-19(36)11-33)31-22(16)34(32-21)15-7-12-2-1-5-27-20(12)17(26)8-15/h1-2,5,7-9,13-14H,3-4,6,10-11H2,(H,28,29,31)(H,30,35,36)/t13-,14-/m1/s1. The van der Waals surface area contributed by atoms with Gasteiger partial charge < -0.3 is 10.2 Å². The summed E-state index contributed by atoms with van der Waals surface area (Å²) in [5, 5.41) is 11.3. The molecular weight excluding hydrogens is 547 g/mol. The fourth-order valence-corrected chi connectivity index (χ4v) is 5.38. The van der Waals surface area contributed by atoms with E-state index in [0.717, 1.165) is 0 Å². The Bertz CT molecular complexity index is 1580. The molecule has 188 valence electrons. The van der Waals surface area contributed by atoms with E-state index in [1.54, 1.807) is 35.3 Å². The van der Waals surface area contributed by atoms with Crippen LogP contribution < -0.4 is 10.6 Å². The first-order chi connectivity index (χ1) is 17.9. The van der Waals surface area contributed by atoms with Crippen LogP contribution >= 0.6 is 15.9 Å². The highest BCUT2D eigenvalue weighted by Crippen LogP contribution is 2.31. The zero-order valence-corrected chi connectivity index (χ0v) is 20.9. The zero-order chi connectivity index (χ0) is 25.7. The lowest BCUT2D eigenvalue weighted by atomic mass is 10.1. The molecule has 0 radical (unpaired) electrons. The molecule has 1 aromatic carbocycles. The second-order valence-electron chi connectivity index (χ2n) is 9.15. The molecule has 0 bridgehead atoms. The maximum Gasteiger partial charge on any atom is 0.246 e. The summed E-state index contributed by atoms with van der Waals surface area (Å²) in [7, 11) is 0. The predicted octanol–water partition coefficient (Wildman–Crippen LogP) is 2.33. The molecule has 2 N–H and O–H groups in total. The summed E-state index contributed by atoms with van der Waals surface area (Å²) < 4.78 is 16.8. The van der Waals surface area contributed by atoms with E-state index < -0.39 is 17.6 Å². The number of piperazine rings is 1. The third-order valence-corrected chi connectivity index (χ3v) is 7.23. The molecule has 2 aliphatic rings. The van der Waals surface area contributed by atoms with Crippen LogP contribution in [-0.2, 0) is 14.4 Å². The molecule has 1 aliphatic carbocycles. The second kappa shape index (κ2) is 9.14. The van der Waals surface area contributed by atoms with Crippen LogP contribution in [0.5, 0.6) is 0 Å². The van der Waals surface area contributed by atoms with Crippen LogP contribution in [0.25, 0.3) is 27.6 Å². The van der Waals surface area contributed by atoms with E-state index in [1.165, 1.54) is 11.0 Å². The van der Waals surface area contributed by atoms with Crippen molar-refractivity contribution < 1.29 is 18.8 Å². The quantitative estimate of drug-likeness (QED) is 0.359. The van der Waals surface area contributed by atoms with Crippen molar-refractivity contribution >= 4 is 61.5 Å². The molecule has 6 rings (SSSR count). The summed E-state index contributed by atoms with van der Waals surface area (Å²) in [4.78, 5) is 50.6. The van der Waals surface area contributed by atoms with E-state index in [2.05, 4.69) is 46.6 Å². The number of aromatic nitrogens is 5. The number of anilines is 1. The Balaban J connectivity index is 1.23. The number of hydrogen-bond donors (Lipinski definition) is 2. The maximum absolute atomic E-state index is 14.7. The number of hydrogen-bond acceptors (Lipinski definition) is 8. The molecule has 1 saturated heterocycles. The number of amides is 3. The summed E-state index contributed by atoms with van der Waals surface area (Å²) in [5.41, 5.74) is 1.25. The largest absolute Gasteiger partial charge is 0.351 e. The molecule has 37 heavy (non-hydrogen) atoms. The van der Waals surface area contributed by atoms with Crippen molar-refractivity contribution in [3.63, 3.8) is 0 Å². The molecule has 3 aromatic heterocycles. The van der Waals surface area contributed by atoms with Crippen molar-refractivity contribution in [1.29, 1.82) is 0 Å². The predicted molar refractivity (Wildman–Crippen MR) is 134 cm³/mol. The lowest BCUT2D eigenvalue weighted by molar-refractivity contribution is -0.147. The minimum atomic E-state index is -0.468. The van der Waals surface area contributed by atoms with Gasteiger partial charge in [-0.25, -0.2) is 14.1 Å². The van der Waals surface area contributed by atoms with E-state index in [-0.39, 0.29) is 36.5 Å². The maximum atomic E-state index is 14.7. The average Bonchev–Trinajstić information content (AvgIpc) is 3.47. The number of carbonyl (C=O) groups is 3. The van der Waals surface area contributed by atoms with Crippen LogP contribution in [0, 0.1) is 11.7 Å². The number of halogens is 2. The van der Waals surface area contributed by atoms with Crippen LogP contribution in [0.15, 0.2) is 41.3 Å². The van der Waals surface area contributed by atoms with E-state index in [1.807, 2.05) is 0 Å². The molecule has 1 aliphatic heterocycles. The van der Waals surface area contributed by atoms with E-state index >= 15 is 0 Å². The minimum absolute atomic E-state index is 0.0651. The van der Waals surface area contributed by atoms with Gasteiger partial charge in [0, 0.05) is 35.8 Å². The molecule has 4 aromatic rings. The monoisotopic (exact) mass is 566 g/mol. The Kier molecular flexibility index (Phi) is 5.78. The summed E-state index contributed by atoms with van der Waals surface area (Å²) >= 11 is 3.43. The van der Waals surface area contributed by atoms with Crippen molar-refractivity contribution in [1.82, 2.24) is 34.9 Å². The van der Waals surface area contributed by atoms with Gasteiger partial charge in [0.25, 0.3) is 0 Å². The van der Waals surface area contributed by atoms with Crippen LogP contribution in [0.2, 0.25) is 0 Å². The van der Waals surface area contributed by atoms with E-state index in [9.17, 15) is 18.8 Å². The first-order valence-corrected chi connectivity index (χ1v) is 12.5. The van der Waals surface area contributed by atoms with Crippen molar-refractivity contribution in [3.05, 3.63) is 47.1 Å². The van der Waals surface area contributed by atoms with Crippen molar-refractivity contribution in [2.45, 2.75) is 25.3 Å². The third-order valence-electron chi connectivity index (χ3n) is 6.64. The van der Waals surface area contributed by atoms with Gasteiger partial charge in [0.15, 0.2) is 11.5 Å². The lowest BCUT2D eigenvalue weighted by Crippen LogP contribution is -2.54. The van der Waals surface area contributed by atoms with Gasteiger partial charge in [-0.05, 0) is 47.3 Å². The van der Waals surface area contributed by atoms with Gasteiger partial charge in [0.05, 0.1) is 11.1 Å². The number of nitrogens with one attached hydrogen (secondary N) is 2. The lowest BCUT2D eigenvalue weighted by Gasteiger charge is -2.27. The Labute approximate surface area is 217 Å². The average molecular weight is 567 g/mol. The Morgan fingerprint density at radius 3 is 2.78 bits per heavy atom. The third kappa shape index (κ3) is 4.39. The fraction of sp³-hybridized carbons (Fsp3) is 0.292. The molecule has 0 unspecified atom stereocenters. The second-order valence-corrected chi connectivity index (χ2v) is 9.90. The van der Waals surface area contributed by atoms with Crippen LogP contribution in [0.1, 0.15) is 19.3 Å². The number of carbonyl (C=O) groups excluding carboxylic acids is 3. The van der Waals surface area contributed by atoms with Crippen LogP contribution in [-0.4, -0.2) is 66.5 Å². The number of pyridine rings is 1. The minimum Gasteiger partial charge on any atom is -0.351 e. The molecule has 2 fully saturated rings. The van der Waals surface area contributed by atoms with Gasteiger partial charge in [0.1, 0.15) is 23.2 Å². The first kappa shape index (κ1) is 23.4. The number of rotatable bonds is 4. The van der Waals surface area contributed by atoms with Gasteiger partial charge in [-0.15, -0.1) is 0 Å². The molecule has 3 amide bonds. The number of nitrogens with zero attached hydrogens (tertiary/aromatic N) is 6. The van der Waals surface area contributed by atoms with Gasteiger partial charge in [-0.2, -0.15) is 10.1 Å². The summed E-state index contributed by atoms with van der Waals surface area (Å²) in [6.45, 7) is -0.216. The Morgan fingerprint density at radius 1 is 1.16 bits per heavy atom. The van der Waals surface area contributed by atoms with Gasteiger partial charge in [-0.1, -0.05) is 6.07 Å². The molecule has 1 saturated carbocycles. The highest BCUT2D eigenvalue weighted by molar-refractivity contribution is 9.10. The molecular formula is C24H20BrFN8O3. The highest BCUT2D eigenvalue weighted by Gasteiger charge is 2.36. The Morgan fingerprint density at radius 2 is 1.97 bits per heavy atom. The molecule has 2 atom stereocenters. The van der Waals surface area contributed by atoms with Crippen molar-refractivity contribution in [2.75, 3.05) is 18.4 Å².